The number of hydrogen-bond acceptors (Lipinski definition) is 5. The summed E-state index contributed by atoms with van der Waals surface area (Å²) < 4.78 is 4.99. The smallest absolute Gasteiger partial charge is 0.136 e. The van der Waals surface area contributed by atoms with Crippen molar-refractivity contribution in [2.75, 3.05) is 13.7 Å². The molecule has 0 spiro atoms. The van der Waals surface area contributed by atoms with Crippen LogP contribution in [0.5, 0.6) is 5.75 Å². The molecule has 0 aliphatic heterocycles. The molecule has 0 heterocycles. The van der Waals surface area contributed by atoms with Crippen molar-refractivity contribution in [3.63, 3.8) is 0 Å². The van der Waals surface area contributed by atoms with E-state index in [1.165, 1.54) is 13.2 Å². The van der Waals surface area contributed by atoms with Gasteiger partial charge in [-0.2, -0.15) is 5.26 Å². The lowest BCUT2D eigenvalue weighted by atomic mass is 10.00. The lowest BCUT2D eigenvalue weighted by Gasteiger charge is -2.18. The number of methoxy groups -OCH3 is 1. The molecule has 2 unspecified atom stereocenters. The van der Waals surface area contributed by atoms with Crippen molar-refractivity contribution >= 4 is 0 Å². The Morgan fingerprint density at radius 2 is 2.18 bits per heavy atom. The van der Waals surface area contributed by atoms with Crippen molar-refractivity contribution in [2.24, 2.45) is 5.73 Å². The van der Waals surface area contributed by atoms with Crippen LogP contribution in [0.25, 0.3) is 0 Å². The van der Waals surface area contributed by atoms with Gasteiger partial charge in [-0.3, -0.25) is 0 Å². The normalized spacial score (nSPS) is 13.8. The molecule has 5 heteroatoms. The quantitative estimate of drug-likeness (QED) is 0.683. The van der Waals surface area contributed by atoms with Crippen LogP contribution < -0.4 is 10.5 Å². The summed E-state index contributed by atoms with van der Waals surface area (Å²) in [6, 6.07) is 6.68. The second kappa shape index (κ2) is 6.21. The Balaban J connectivity index is 2.96. The average Bonchev–Trinajstić information content (AvgIpc) is 2.37. The number of nitrogens with two attached hydrogens (primary N) is 1. The standard InChI is InChI=1S/C12H16N2O3/c1-17-11-3-2-8(6-9(11)7-14)12(16)10(15)4-5-13/h2-3,6,10,12,15-16H,4-5,13H2,1H3. The third-order valence-corrected chi connectivity index (χ3v) is 2.51. The Kier molecular flexibility index (Phi) is 4.91. The number of hydrogen-bond donors (Lipinski definition) is 3. The van der Waals surface area contributed by atoms with Gasteiger partial charge in [0.15, 0.2) is 0 Å². The highest BCUT2D eigenvalue weighted by Gasteiger charge is 2.18. The fourth-order valence-electron chi connectivity index (χ4n) is 1.55. The summed E-state index contributed by atoms with van der Waals surface area (Å²) >= 11 is 0. The topological polar surface area (TPSA) is 99.5 Å². The Hall–Kier alpha value is -1.61. The van der Waals surface area contributed by atoms with Crippen molar-refractivity contribution in [2.45, 2.75) is 18.6 Å². The lowest BCUT2D eigenvalue weighted by Crippen LogP contribution is -2.21. The third kappa shape index (κ3) is 3.17. The molecule has 0 aliphatic rings. The number of nitriles is 1. The van der Waals surface area contributed by atoms with Crippen molar-refractivity contribution < 1.29 is 14.9 Å². The molecule has 1 aromatic rings. The Labute approximate surface area is 100 Å². The van der Waals surface area contributed by atoms with E-state index in [4.69, 9.17) is 15.7 Å². The number of rotatable bonds is 5. The third-order valence-electron chi connectivity index (χ3n) is 2.51. The maximum Gasteiger partial charge on any atom is 0.136 e. The molecular weight excluding hydrogens is 220 g/mol. The molecule has 0 aromatic heterocycles. The van der Waals surface area contributed by atoms with Gasteiger partial charge in [-0.25, -0.2) is 0 Å². The van der Waals surface area contributed by atoms with E-state index in [0.29, 0.717) is 29.8 Å². The van der Waals surface area contributed by atoms with Crippen molar-refractivity contribution in [3.8, 4) is 11.8 Å². The average molecular weight is 236 g/mol. The van der Waals surface area contributed by atoms with Gasteiger partial charge in [-0.1, -0.05) is 6.07 Å². The van der Waals surface area contributed by atoms with E-state index in [9.17, 15) is 10.2 Å². The van der Waals surface area contributed by atoms with Crippen LogP contribution in [-0.2, 0) is 0 Å². The summed E-state index contributed by atoms with van der Waals surface area (Å²) in [5.74, 6) is 0.441. The van der Waals surface area contributed by atoms with E-state index in [-0.39, 0.29) is 0 Å². The molecule has 1 aromatic carbocycles. The highest BCUT2D eigenvalue weighted by atomic mass is 16.5. The van der Waals surface area contributed by atoms with Crippen LogP contribution >= 0.6 is 0 Å². The molecule has 92 valence electrons. The summed E-state index contributed by atoms with van der Waals surface area (Å²) in [6.07, 6.45) is -1.67. The van der Waals surface area contributed by atoms with Gasteiger partial charge in [-0.05, 0) is 30.7 Å². The van der Waals surface area contributed by atoms with Gasteiger partial charge in [0.05, 0.1) is 18.8 Å². The minimum absolute atomic E-state index is 0.291. The Morgan fingerprint density at radius 3 is 2.71 bits per heavy atom. The van der Waals surface area contributed by atoms with Crippen LogP contribution in [0.3, 0.4) is 0 Å². The first-order chi connectivity index (χ1) is 8.13. The van der Waals surface area contributed by atoms with Crippen LogP contribution in [0.4, 0.5) is 0 Å². The molecule has 0 amide bonds. The van der Waals surface area contributed by atoms with Crippen LogP contribution in [0.2, 0.25) is 0 Å². The maximum atomic E-state index is 9.85. The number of aliphatic hydroxyl groups is 2. The summed E-state index contributed by atoms with van der Waals surface area (Å²) in [5, 5.41) is 28.4. The highest BCUT2D eigenvalue weighted by molar-refractivity contribution is 5.46. The molecule has 0 saturated heterocycles. The van der Waals surface area contributed by atoms with E-state index in [1.54, 1.807) is 12.1 Å². The molecule has 0 fully saturated rings. The van der Waals surface area contributed by atoms with Gasteiger partial charge in [0, 0.05) is 0 Å². The molecule has 17 heavy (non-hydrogen) atoms. The fourth-order valence-corrected chi connectivity index (χ4v) is 1.55. The molecule has 5 nitrogen and oxygen atoms in total. The summed E-state index contributed by atoms with van der Waals surface area (Å²) in [7, 11) is 1.47. The first-order valence-corrected chi connectivity index (χ1v) is 5.28. The second-order valence-electron chi connectivity index (χ2n) is 3.66. The SMILES string of the molecule is COc1ccc(C(O)C(O)CCN)cc1C#N. The first kappa shape index (κ1) is 13.5. The second-order valence-corrected chi connectivity index (χ2v) is 3.66. The minimum Gasteiger partial charge on any atom is -0.495 e. The number of aliphatic hydroxyl groups excluding tert-OH is 2. The van der Waals surface area contributed by atoms with Crippen molar-refractivity contribution in [3.05, 3.63) is 29.3 Å². The van der Waals surface area contributed by atoms with Gasteiger partial charge in [0.2, 0.25) is 0 Å². The van der Waals surface area contributed by atoms with E-state index < -0.39 is 12.2 Å². The van der Waals surface area contributed by atoms with Gasteiger partial charge in [0.1, 0.15) is 17.9 Å². The van der Waals surface area contributed by atoms with Crippen LogP contribution in [0.15, 0.2) is 18.2 Å². The summed E-state index contributed by atoms with van der Waals surface area (Å²) in [6.45, 7) is 0.291. The Morgan fingerprint density at radius 1 is 1.47 bits per heavy atom. The molecule has 0 bridgehead atoms. The van der Waals surface area contributed by atoms with E-state index in [2.05, 4.69) is 0 Å². The van der Waals surface area contributed by atoms with Gasteiger partial charge in [-0.15, -0.1) is 0 Å². The van der Waals surface area contributed by atoms with Crippen LogP contribution in [0.1, 0.15) is 23.7 Å². The Bertz CT molecular complexity index is 415. The number of nitrogens with zero attached hydrogens (tertiary/aromatic N) is 1. The van der Waals surface area contributed by atoms with Crippen LogP contribution in [0, 0.1) is 11.3 Å². The monoisotopic (exact) mass is 236 g/mol. The van der Waals surface area contributed by atoms with E-state index in [0.717, 1.165) is 0 Å². The molecule has 0 saturated carbocycles. The lowest BCUT2D eigenvalue weighted by molar-refractivity contribution is 0.0150. The maximum absolute atomic E-state index is 9.85. The zero-order valence-corrected chi connectivity index (χ0v) is 9.63. The minimum atomic E-state index is -1.04. The number of ether oxygens (including phenoxy) is 1. The summed E-state index contributed by atoms with van der Waals surface area (Å²) in [5.41, 5.74) is 6.10. The summed E-state index contributed by atoms with van der Waals surface area (Å²) in [4.78, 5) is 0. The van der Waals surface area contributed by atoms with E-state index in [1.807, 2.05) is 6.07 Å². The van der Waals surface area contributed by atoms with Gasteiger partial charge in [0.25, 0.3) is 0 Å². The zero-order valence-electron chi connectivity index (χ0n) is 9.63. The number of benzene rings is 1. The first-order valence-electron chi connectivity index (χ1n) is 5.28. The van der Waals surface area contributed by atoms with Crippen LogP contribution in [-0.4, -0.2) is 30.0 Å². The van der Waals surface area contributed by atoms with Gasteiger partial charge >= 0.3 is 0 Å². The van der Waals surface area contributed by atoms with Gasteiger partial charge < -0.3 is 20.7 Å². The largest absolute Gasteiger partial charge is 0.495 e. The fraction of sp³-hybridized carbons (Fsp3) is 0.417. The van der Waals surface area contributed by atoms with E-state index >= 15 is 0 Å². The molecule has 2 atom stereocenters. The molecule has 0 radical (unpaired) electrons. The molecule has 1 rings (SSSR count). The molecular formula is C12H16N2O3. The molecule has 4 N–H and O–H groups in total. The van der Waals surface area contributed by atoms with Crippen molar-refractivity contribution in [1.29, 1.82) is 5.26 Å². The zero-order chi connectivity index (χ0) is 12.8. The molecule has 0 aliphatic carbocycles. The van der Waals surface area contributed by atoms with Crippen molar-refractivity contribution in [1.82, 2.24) is 0 Å². The predicted molar refractivity (Wildman–Crippen MR) is 62.3 cm³/mol. The highest BCUT2D eigenvalue weighted by Crippen LogP contribution is 2.25. The predicted octanol–water partition coefficient (Wildman–Crippen LogP) is 0.310.